The molecule has 0 aromatic heterocycles. The van der Waals surface area contributed by atoms with Crippen LogP contribution in [0, 0.1) is 19.8 Å². The molecular formula is C24H32N2O3S. The zero-order valence-corrected chi connectivity index (χ0v) is 19.3. The third-order valence-corrected chi connectivity index (χ3v) is 7.96. The van der Waals surface area contributed by atoms with Gasteiger partial charge >= 0.3 is 0 Å². The topological polar surface area (TPSA) is 66.5 Å². The Morgan fingerprint density at radius 3 is 2.17 bits per heavy atom. The maximum atomic E-state index is 13.0. The van der Waals surface area contributed by atoms with Crippen molar-refractivity contribution in [2.45, 2.75) is 57.8 Å². The number of aryl methyl sites for hydroxylation is 1. The van der Waals surface area contributed by atoms with Crippen LogP contribution in [0.5, 0.6) is 0 Å². The second-order valence-corrected chi connectivity index (χ2v) is 11.1. The quantitative estimate of drug-likeness (QED) is 0.771. The molecule has 0 atom stereocenters. The Labute approximate surface area is 180 Å². The second kappa shape index (κ2) is 8.52. The number of anilines is 1. The van der Waals surface area contributed by atoms with Gasteiger partial charge in [-0.25, -0.2) is 8.42 Å². The number of carbonyl (C=O) groups is 1. The van der Waals surface area contributed by atoms with Crippen molar-refractivity contribution in [1.29, 1.82) is 0 Å². The zero-order valence-electron chi connectivity index (χ0n) is 18.5. The van der Waals surface area contributed by atoms with Gasteiger partial charge in [-0.05, 0) is 67.0 Å². The van der Waals surface area contributed by atoms with Crippen molar-refractivity contribution in [3.05, 3.63) is 59.2 Å². The third-order valence-electron chi connectivity index (χ3n) is 6.05. The maximum Gasteiger partial charge on any atom is 0.243 e. The largest absolute Gasteiger partial charge is 0.326 e. The van der Waals surface area contributed by atoms with E-state index in [2.05, 4.69) is 26.1 Å². The number of hydrogen-bond acceptors (Lipinski definition) is 3. The smallest absolute Gasteiger partial charge is 0.243 e. The summed E-state index contributed by atoms with van der Waals surface area (Å²) in [7, 11) is -3.54. The Morgan fingerprint density at radius 1 is 1.00 bits per heavy atom. The van der Waals surface area contributed by atoms with E-state index in [4.69, 9.17) is 0 Å². The van der Waals surface area contributed by atoms with Crippen molar-refractivity contribution in [1.82, 2.24) is 4.31 Å². The fourth-order valence-electron chi connectivity index (χ4n) is 3.76. The molecule has 3 rings (SSSR count). The lowest BCUT2D eigenvalue weighted by molar-refractivity contribution is -0.120. The van der Waals surface area contributed by atoms with E-state index in [0.29, 0.717) is 30.8 Å². The van der Waals surface area contributed by atoms with Crippen molar-refractivity contribution in [2.24, 2.45) is 5.92 Å². The molecule has 162 valence electrons. The number of piperidine rings is 1. The third kappa shape index (κ3) is 4.76. The number of benzene rings is 2. The number of amides is 1. The van der Waals surface area contributed by atoms with Gasteiger partial charge in [0.15, 0.2) is 0 Å². The highest BCUT2D eigenvalue weighted by molar-refractivity contribution is 7.89. The van der Waals surface area contributed by atoms with Gasteiger partial charge in [0.1, 0.15) is 0 Å². The number of rotatable bonds is 4. The number of sulfonamides is 1. The Balaban J connectivity index is 1.64. The highest BCUT2D eigenvalue weighted by atomic mass is 32.2. The van der Waals surface area contributed by atoms with Crippen molar-refractivity contribution in [3.63, 3.8) is 0 Å². The number of carbonyl (C=O) groups excluding carboxylic acids is 1. The van der Waals surface area contributed by atoms with Crippen LogP contribution in [0.15, 0.2) is 47.4 Å². The van der Waals surface area contributed by atoms with Crippen LogP contribution in [0.25, 0.3) is 0 Å². The van der Waals surface area contributed by atoms with E-state index in [1.807, 2.05) is 44.2 Å². The van der Waals surface area contributed by atoms with Crippen LogP contribution in [0.3, 0.4) is 0 Å². The van der Waals surface area contributed by atoms with Gasteiger partial charge in [0.25, 0.3) is 0 Å². The lowest BCUT2D eigenvalue weighted by Crippen LogP contribution is -2.41. The lowest BCUT2D eigenvalue weighted by Gasteiger charge is -2.31. The first kappa shape index (κ1) is 22.5. The monoisotopic (exact) mass is 428 g/mol. The first-order valence-electron chi connectivity index (χ1n) is 10.5. The van der Waals surface area contributed by atoms with Crippen LogP contribution in [-0.4, -0.2) is 31.7 Å². The lowest BCUT2D eigenvalue weighted by atomic mass is 9.87. The van der Waals surface area contributed by atoms with Crippen molar-refractivity contribution < 1.29 is 13.2 Å². The molecule has 0 bridgehead atoms. The molecule has 30 heavy (non-hydrogen) atoms. The summed E-state index contributed by atoms with van der Waals surface area (Å²) in [6.45, 7) is 11.0. The summed E-state index contributed by atoms with van der Waals surface area (Å²) in [5, 5.41) is 3.02. The molecule has 1 aliphatic rings. The van der Waals surface area contributed by atoms with Gasteiger partial charge in [0.05, 0.1) is 4.90 Å². The number of hydrogen-bond donors (Lipinski definition) is 1. The SMILES string of the molecule is Cc1cccc(NC(=O)C2CCN(S(=O)(=O)c3ccc(C(C)(C)C)cc3)CC2)c1C. The normalized spacial score (nSPS) is 16.4. The van der Waals surface area contributed by atoms with E-state index in [1.165, 1.54) is 4.31 Å². The number of nitrogens with one attached hydrogen (secondary N) is 1. The molecule has 2 aromatic rings. The molecule has 6 heteroatoms. The van der Waals surface area contributed by atoms with Gasteiger partial charge in [-0.2, -0.15) is 4.31 Å². The van der Waals surface area contributed by atoms with Gasteiger partial charge in [0, 0.05) is 24.7 Å². The minimum Gasteiger partial charge on any atom is -0.326 e. The van der Waals surface area contributed by atoms with Crippen molar-refractivity contribution in [3.8, 4) is 0 Å². The fraction of sp³-hybridized carbons (Fsp3) is 0.458. The molecule has 5 nitrogen and oxygen atoms in total. The molecule has 2 aromatic carbocycles. The summed E-state index contributed by atoms with van der Waals surface area (Å²) in [6.07, 6.45) is 1.05. The predicted molar refractivity (Wildman–Crippen MR) is 121 cm³/mol. The molecule has 0 saturated carbocycles. The summed E-state index contributed by atoms with van der Waals surface area (Å²) in [4.78, 5) is 13.0. The van der Waals surface area contributed by atoms with Crippen molar-refractivity contribution >= 4 is 21.6 Å². The van der Waals surface area contributed by atoms with E-state index >= 15 is 0 Å². The average molecular weight is 429 g/mol. The van der Waals surface area contributed by atoms with Crippen LogP contribution in [0.4, 0.5) is 5.69 Å². The van der Waals surface area contributed by atoms with E-state index in [1.54, 1.807) is 12.1 Å². The molecule has 0 radical (unpaired) electrons. The Morgan fingerprint density at radius 2 is 1.60 bits per heavy atom. The number of nitrogens with zero attached hydrogens (tertiary/aromatic N) is 1. The van der Waals surface area contributed by atoms with Gasteiger partial charge in [-0.3, -0.25) is 4.79 Å². The first-order valence-corrected chi connectivity index (χ1v) is 11.9. The van der Waals surface area contributed by atoms with Gasteiger partial charge in [-0.15, -0.1) is 0 Å². The Hall–Kier alpha value is -2.18. The zero-order chi connectivity index (χ0) is 22.1. The van der Waals surface area contributed by atoms with E-state index in [0.717, 1.165) is 22.4 Å². The molecule has 0 spiro atoms. The van der Waals surface area contributed by atoms with E-state index in [9.17, 15) is 13.2 Å². The molecule has 0 aliphatic carbocycles. The summed E-state index contributed by atoms with van der Waals surface area (Å²) in [5.74, 6) is -0.213. The molecule has 1 N–H and O–H groups in total. The maximum absolute atomic E-state index is 13.0. The molecule has 1 amide bonds. The van der Waals surface area contributed by atoms with E-state index < -0.39 is 10.0 Å². The molecule has 1 fully saturated rings. The molecule has 1 heterocycles. The average Bonchev–Trinajstić information content (AvgIpc) is 2.71. The minimum atomic E-state index is -3.54. The Bertz CT molecular complexity index is 1010. The molecule has 0 unspecified atom stereocenters. The highest BCUT2D eigenvalue weighted by Gasteiger charge is 2.32. The summed E-state index contributed by atoms with van der Waals surface area (Å²) < 4.78 is 27.5. The fourth-order valence-corrected chi connectivity index (χ4v) is 5.23. The minimum absolute atomic E-state index is 0.0242. The Kier molecular flexibility index (Phi) is 6.39. The summed E-state index contributed by atoms with van der Waals surface area (Å²) in [5.41, 5.74) is 4.09. The van der Waals surface area contributed by atoms with Crippen LogP contribution in [0.1, 0.15) is 50.3 Å². The highest BCUT2D eigenvalue weighted by Crippen LogP contribution is 2.28. The van der Waals surface area contributed by atoms with Gasteiger partial charge in [0.2, 0.25) is 15.9 Å². The van der Waals surface area contributed by atoms with Crippen molar-refractivity contribution in [2.75, 3.05) is 18.4 Å². The van der Waals surface area contributed by atoms with Crippen LogP contribution in [-0.2, 0) is 20.2 Å². The van der Waals surface area contributed by atoms with E-state index in [-0.39, 0.29) is 17.2 Å². The first-order chi connectivity index (χ1) is 14.0. The van der Waals surface area contributed by atoms with Crippen LogP contribution >= 0.6 is 0 Å². The van der Waals surface area contributed by atoms with Gasteiger partial charge in [-0.1, -0.05) is 45.0 Å². The summed E-state index contributed by atoms with van der Waals surface area (Å²) in [6, 6.07) is 13.0. The standard InChI is InChI=1S/C24H32N2O3S/c1-17-7-6-8-22(18(17)2)25-23(27)19-13-15-26(16-14-19)30(28,29)21-11-9-20(10-12-21)24(3,4)5/h6-12,19H,13-16H2,1-5H3,(H,25,27). The second-order valence-electron chi connectivity index (χ2n) is 9.19. The molecule has 1 saturated heterocycles. The summed E-state index contributed by atoms with van der Waals surface area (Å²) >= 11 is 0. The van der Waals surface area contributed by atoms with Crippen LogP contribution < -0.4 is 5.32 Å². The molecular weight excluding hydrogens is 396 g/mol. The molecule has 1 aliphatic heterocycles. The predicted octanol–water partition coefficient (Wildman–Crippen LogP) is 4.64. The van der Waals surface area contributed by atoms with Crippen LogP contribution in [0.2, 0.25) is 0 Å². The van der Waals surface area contributed by atoms with Gasteiger partial charge < -0.3 is 5.32 Å².